The fraction of sp³-hybridized carbons (Fsp3) is 0.118. The first-order valence-corrected chi connectivity index (χ1v) is 7.39. The largest absolute Gasteiger partial charge is 0.496 e. The third-order valence-electron chi connectivity index (χ3n) is 2.98. The maximum atomic E-state index is 12.0. The Bertz CT molecular complexity index is 659. The zero-order valence-electron chi connectivity index (χ0n) is 12.3. The van der Waals surface area contributed by atoms with E-state index in [2.05, 4.69) is 21.2 Å². The zero-order chi connectivity index (χ0) is 15.9. The summed E-state index contributed by atoms with van der Waals surface area (Å²) in [6.45, 7) is 0. The molecule has 0 radical (unpaired) electrons. The number of methoxy groups -OCH3 is 2. The van der Waals surface area contributed by atoms with E-state index < -0.39 is 0 Å². The molecule has 2 aromatic carbocycles. The lowest BCUT2D eigenvalue weighted by molar-refractivity contribution is -0.111. The first-order chi connectivity index (χ1) is 10.6. The quantitative estimate of drug-likeness (QED) is 0.814. The summed E-state index contributed by atoms with van der Waals surface area (Å²) in [5.74, 6) is 1.06. The lowest BCUT2D eigenvalue weighted by Gasteiger charge is -2.09. The molecule has 0 aliphatic heterocycles. The highest BCUT2D eigenvalue weighted by Crippen LogP contribution is 2.29. The average Bonchev–Trinajstić information content (AvgIpc) is 2.54. The first-order valence-electron chi connectivity index (χ1n) is 6.59. The van der Waals surface area contributed by atoms with Gasteiger partial charge in [-0.05, 0) is 42.5 Å². The molecule has 0 saturated carbocycles. The number of nitrogens with one attached hydrogen (secondary N) is 1. The van der Waals surface area contributed by atoms with Gasteiger partial charge in [-0.3, -0.25) is 4.79 Å². The minimum atomic E-state index is -0.227. The van der Waals surface area contributed by atoms with E-state index in [1.165, 1.54) is 6.08 Å². The van der Waals surface area contributed by atoms with Gasteiger partial charge in [0, 0.05) is 16.2 Å². The molecule has 0 unspecified atom stereocenters. The van der Waals surface area contributed by atoms with Crippen molar-refractivity contribution in [3.8, 4) is 11.5 Å². The monoisotopic (exact) mass is 361 g/mol. The van der Waals surface area contributed by atoms with Gasteiger partial charge in [0.2, 0.25) is 5.91 Å². The molecule has 0 aliphatic rings. The standard InChI is InChI=1S/C17H16BrNO3/c1-21-15-4-3-5-16(22-2)14(15)10-11-17(20)19-13-8-6-12(18)7-9-13/h3-11H,1-2H3,(H,19,20). The highest BCUT2D eigenvalue weighted by molar-refractivity contribution is 9.10. The smallest absolute Gasteiger partial charge is 0.248 e. The minimum Gasteiger partial charge on any atom is -0.496 e. The van der Waals surface area contributed by atoms with Crippen molar-refractivity contribution >= 4 is 33.6 Å². The van der Waals surface area contributed by atoms with Crippen molar-refractivity contribution in [1.82, 2.24) is 0 Å². The summed E-state index contributed by atoms with van der Waals surface area (Å²) in [7, 11) is 3.15. The van der Waals surface area contributed by atoms with E-state index in [4.69, 9.17) is 9.47 Å². The van der Waals surface area contributed by atoms with Crippen LogP contribution in [0.2, 0.25) is 0 Å². The number of carbonyl (C=O) groups excluding carboxylic acids is 1. The van der Waals surface area contributed by atoms with Gasteiger partial charge in [0.05, 0.1) is 19.8 Å². The van der Waals surface area contributed by atoms with Crippen molar-refractivity contribution < 1.29 is 14.3 Å². The van der Waals surface area contributed by atoms with Gasteiger partial charge in [0.25, 0.3) is 0 Å². The van der Waals surface area contributed by atoms with Crippen molar-refractivity contribution in [1.29, 1.82) is 0 Å². The molecule has 0 bridgehead atoms. The second-order valence-corrected chi connectivity index (χ2v) is 5.32. The molecule has 0 fully saturated rings. The van der Waals surface area contributed by atoms with E-state index in [1.54, 1.807) is 20.3 Å². The molecule has 0 saturated heterocycles. The molecule has 0 aromatic heterocycles. The Morgan fingerprint density at radius 2 is 1.64 bits per heavy atom. The number of hydrogen-bond donors (Lipinski definition) is 1. The van der Waals surface area contributed by atoms with Crippen LogP contribution < -0.4 is 14.8 Å². The highest BCUT2D eigenvalue weighted by atomic mass is 79.9. The summed E-state index contributed by atoms with van der Waals surface area (Å²) in [4.78, 5) is 12.0. The van der Waals surface area contributed by atoms with Gasteiger partial charge in [-0.1, -0.05) is 22.0 Å². The first kappa shape index (κ1) is 16.1. The van der Waals surface area contributed by atoms with Crippen LogP contribution in [0.3, 0.4) is 0 Å². The Morgan fingerprint density at radius 1 is 1.05 bits per heavy atom. The van der Waals surface area contributed by atoms with Gasteiger partial charge in [0.1, 0.15) is 11.5 Å². The molecule has 1 amide bonds. The molecule has 0 atom stereocenters. The van der Waals surface area contributed by atoms with Crippen LogP contribution in [0, 0.1) is 0 Å². The maximum Gasteiger partial charge on any atom is 0.248 e. The van der Waals surface area contributed by atoms with Crippen molar-refractivity contribution in [3.63, 3.8) is 0 Å². The number of ether oxygens (including phenoxy) is 2. The molecule has 0 spiro atoms. The van der Waals surface area contributed by atoms with Crippen molar-refractivity contribution in [2.75, 3.05) is 19.5 Å². The number of hydrogen-bond acceptors (Lipinski definition) is 3. The predicted molar refractivity (Wildman–Crippen MR) is 91.4 cm³/mol. The van der Waals surface area contributed by atoms with Crippen molar-refractivity contribution in [2.24, 2.45) is 0 Å². The van der Waals surface area contributed by atoms with Crippen molar-refractivity contribution in [3.05, 3.63) is 58.6 Å². The molecule has 0 aliphatic carbocycles. The molecule has 4 nitrogen and oxygen atoms in total. The Balaban J connectivity index is 2.14. The summed E-state index contributed by atoms with van der Waals surface area (Å²) in [6, 6.07) is 12.8. The van der Waals surface area contributed by atoms with E-state index in [9.17, 15) is 4.79 Å². The van der Waals surface area contributed by atoms with Gasteiger partial charge in [-0.25, -0.2) is 0 Å². The highest BCUT2D eigenvalue weighted by Gasteiger charge is 2.07. The van der Waals surface area contributed by atoms with Crippen LogP contribution in [0.4, 0.5) is 5.69 Å². The van der Waals surface area contributed by atoms with E-state index in [-0.39, 0.29) is 5.91 Å². The predicted octanol–water partition coefficient (Wildman–Crippen LogP) is 4.12. The van der Waals surface area contributed by atoms with E-state index >= 15 is 0 Å². The van der Waals surface area contributed by atoms with Crippen LogP contribution in [0.25, 0.3) is 6.08 Å². The fourth-order valence-corrected chi connectivity index (χ4v) is 2.18. The van der Waals surface area contributed by atoms with E-state index in [1.807, 2.05) is 42.5 Å². The third-order valence-corrected chi connectivity index (χ3v) is 3.51. The Morgan fingerprint density at radius 3 is 2.18 bits per heavy atom. The Labute approximate surface area is 137 Å². The van der Waals surface area contributed by atoms with Gasteiger partial charge in [0.15, 0.2) is 0 Å². The van der Waals surface area contributed by atoms with Crippen LogP contribution in [0.15, 0.2) is 53.0 Å². The maximum absolute atomic E-state index is 12.0. The van der Waals surface area contributed by atoms with E-state index in [0.29, 0.717) is 11.5 Å². The lowest BCUT2D eigenvalue weighted by atomic mass is 10.1. The molecule has 2 rings (SSSR count). The molecule has 1 N–H and O–H groups in total. The number of carbonyl (C=O) groups is 1. The molecule has 2 aromatic rings. The topological polar surface area (TPSA) is 47.6 Å². The number of anilines is 1. The molecule has 0 heterocycles. The average molecular weight is 362 g/mol. The molecular weight excluding hydrogens is 346 g/mol. The Kier molecular flexibility index (Phi) is 5.61. The van der Waals surface area contributed by atoms with Crippen LogP contribution in [0.5, 0.6) is 11.5 Å². The summed E-state index contributed by atoms with van der Waals surface area (Å²) >= 11 is 3.35. The van der Waals surface area contributed by atoms with Gasteiger partial charge < -0.3 is 14.8 Å². The summed E-state index contributed by atoms with van der Waals surface area (Å²) in [5, 5.41) is 2.79. The molecular formula is C17H16BrNO3. The fourth-order valence-electron chi connectivity index (χ4n) is 1.92. The second-order valence-electron chi connectivity index (χ2n) is 4.41. The molecule has 22 heavy (non-hydrogen) atoms. The van der Waals surface area contributed by atoms with E-state index in [0.717, 1.165) is 15.7 Å². The third kappa shape index (κ3) is 4.11. The lowest BCUT2D eigenvalue weighted by Crippen LogP contribution is -2.07. The van der Waals surface area contributed by atoms with Gasteiger partial charge in [-0.2, -0.15) is 0 Å². The number of benzene rings is 2. The van der Waals surface area contributed by atoms with Crippen molar-refractivity contribution in [2.45, 2.75) is 0 Å². The van der Waals surface area contributed by atoms with Crippen LogP contribution in [0.1, 0.15) is 5.56 Å². The zero-order valence-corrected chi connectivity index (χ0v) is 13.9. The summed E-state index contributed by atoms with van der Waals surface area (Å²) < 4.78 is 11.5. The number of rotatable bonds is 5. The Hall–Kier alpha value is -2.27. The summed E-state index contributed by atoms with van der Waals surface area (Å²) in [6.07, 6.45) is 3.12. The van der Waals surface area contributed by atoms with Gasteiger partial charge in [-0.15, -0.1) is 0 Å². The minimum absolute atomic E-state index is 0.227. The van der Waals surface area contributed by atoms with Crippen LogP contribution >= 0.6 is 15.9 Å². The molecule has 114 valence electrons. The van der Waals surface area contributed by atoms with Crippen LogP contribution in [-0.4, -0.2) is 20.1 Å². The second kappa shape index (κ2) is 7.66. The molecule has 5 heteroatoms. The van der Waals surface area contributed by atoms with Crippen LogP contribution in [-0.2, 0) is 4.79 Å². The van der Waals surface area contributed by atoms with Gasteiger partial charge >= 0.3 is 0 Å². The summed E-state index contributed by atoms with van der Waals surface area (Å²) in [5.41, 5.74) is 1.45. The number of halogens is 1. The normalized spacial score (nSPS) is 10.5. The number of amides is 1. The SMILES string of the molecule is COc1cccc(OC)c1C=CC(=O)Nc1ccc(Br)cc1.